The Morgan fingerprint density at radius 2 is 2.00 bits per heavy atom. The van der Waals surface area contributed by atoms with E-state index in [0.29, 0.717) is 25.7 Å². The predicted molar refractivity (Wildman–Crippen MR) is 81.8 cm³/mol. The number of fused-ring (bicyclic) bond motifs is 1. The number of aromatic nitrogens is 1. The Morgan fingerprint density at radius 1 is 1.18 bits per heavy atom. The predicted octanol–water partition coefficient (Wildman–Crippen LogP) is 1.66. The highest BCUT2D eigenvalue weighted by molar-refractivity contribution is 5.81. The minimum atomic E-state index is -0.226. The number of hydrogen-bond donors (Lipinski definition) is 0. The van der Waals surface area contributed by atoms with Crippen LogP contribution < -0.4 is 4.90 Å². The van der Waals surface area contributed by atoms with Gasteiger partial charge >= 0.3 is 0 Å². The maximum Gasteiger partial charge on any atom is 0.298 e. The van der Waals surface area contributed by atoms with Crippen molar-refractivity contribution in [2.45, 2.75) is 18.9 Å². The van der Waals surface area contributed by atoms with Crippen LogP contribution in [0.25, 0.3) is 11.1 Å². The molecular weight excluding hydrogens is 282 g/mol. The third-order valence-electron chi connectivity index (χ3n) is 4.35. The van der Waals surface area contributed by atoms with E-state index < -0.39 is 0 Å². The van der Waals surface area contributed by atoms with Gasteiger partial charge in [0.1, 0.15) is 11.6 Å². The Kier molecular flexibility index (Phi) is 3.46. The molecule has 2 saturated heterocycles. The molecule has 3 heterocycles. The number of carbonyl (C=O) groups excluding carboxylic acids is 1. The Balaban J connectivity index is 1.41. The summed E-state index contributed by atoms with van der Waals surface area (Å²) in [6.45, 7) is 3.57. The number of para-hydroxylation sites is 2. The molecule has 1 unspecified atom stereocenters. The van der Waals surface area contributed by atoms with Crippen LogP contribution in [0, 0.1) is 0 Å². The minimum Gasteiger partial charge on any atom is -0.423 e. The van der Waals surface area contributed by atoms with Gasteiger partial charge in [-0.05, 0) is 25.0 Å². The van der Waals surface area contributed by atoms with Crippen molar-refractivity contribution in [1.82, 2.24) is 9.88 Å². The van der Waals surface area contributed by atoms with Gasteiger partial charge in [-0.1, -0.05) is 12.1 Å². The highest BCUT2D eigenvalue weighted by Gasteiger charge is 2.31. The fourth-order valence-electron chi connectivity index (χ4n) is 3.09. The largest absolute Gasteiger partial charge is 0.423 e. The third kappa shape index (κ3) is 2.43. The number of nitrogens with zero attached hydrogens (tertiary/aromatic N) is 3. The number of anilines is 1. The molecule has 0 N–H and O–H groups in total. The molecule has 0 aliphatic carbocycles. The van der Waals surface area contributed by atoms with E-state index in [0.717, 1.165) is 37.0 Å². The van der Waals surface area contributed by atoms with Gasteiger partial charge in [-0.25, -0.2) is 0 Å². The third-order valence-corrected chi connectivity index (χ3v) is 4.35. The van der Waals surface area contributed by atoms with E-state index in [1.165, 1.54) is 0 Å². The number of rotatable bonds is 2. The van der Waals surface area contributed by atoms with Crippen molar-refractivity contribution in [3.63, 3.8) is 0 Å². The van der Waals surface area contributed by atoms with Crippen molar-refractivity contribution < 1.29 is 13.9 Å². The maximum absolute atomic E-state index is 12.3. The summed E-state index contributed by atoms with van der Waals surface area (Å²) in [7, 11) is 0. The molecule has 1 aromatic heterocycles. The van der Waals surface area contributed by atoms with E-state index in [1.54, 1.807) is 0 Å². The zero-order chi connectivity index (χ0) is 14.9. The summed E-state index contributed by atoms with van der Waals surface area (Å²) in [4.78, 5) is 20.8. The maximum atomic E-state index is 12.3. The first kappa shape index (κ1) is 13.6. The number of amides is 1. The van der Waals surface area contributed by atoms with E-state index in [-0.39, 0.29) is 12.0 Å². The van der Waals surface area contributed by atoms with E-state index >= 15 is 0 Å². The number of carbonyl (C=O) groups is 1. The first-order chi connectivity index (χ1) is 10.8. The van der Waals surface area contributed by atoms with Gasteiger partial charge in [-0.3, -0.25) is 4.79 Å². The second kappa shape index (κ2) is 5.61. The van der Waals surface area contributed by atoms with Crippen molar-refractivity contribution in [1.29, 1.82) is 0 Å². The minimum absolute atomic E-state index is 0.134. The molecule has 22 heavy (non-hydrogen) atoms. The van der Waals surface area contributed by atoms with Crippen molar-refractivity contribution in [3.05, 3.63) is 24.3 Å². The van der Waals surface area contributed by atoms with Gasteiger partial charge in [-0.2, -0.15) is 4.98 Å². The first-order valence-electron chi connectivity index (χ1n) is 7.82. The van der Waals surface area contributed by atoms with Gasteiger partial charge < -0.3 is 19.0 Å². The monoisotopic (exact) mass is 301 g/mol. The van der Waals surface area contributed by atoms with Crippen LogP contribution in [-0.2, 0) is 9.53 Å². The number of oxazole rings is 1. The average molecular weight is 301 g/mol. The van der Waals surface area contributed by atoms with Crippen LogP contribution in [0.1, 0.15) is 12.8 Å². The van der Waals surface area contributed by atoms with E-state index in [9.17, 15) is 4.79 Å². The molecule has 2 aliphatic rings. The van der Waals surface area contributed by atoms with Gasteiger partial charge in [0, 0.05) is 32.8 Å². The molecule has 2 aliphatic heterocycles. The Morgan fingerprint density at radius 3 is 2.73 bits per heavy atom. The van der Waals surface area contributed by atoms with Crippen molar-refractivity contribution in [2.24, 2.45) is 0 Å². The van der Waals surface area contributed by atoms with Crippen LogP contribution in [-0.4, -0.2) is 54.7 Å². The molecule has 4 rings (SSSR count). The normalized spacial score (nSPS) is 22.5. The molecule has 1 atom stereocenters. The lowest BCUT2D eigenvalue weighted by atomic mass is 10.2. The van der Waals surface area contributed by atoms with Gasteiger partial charge in [0.25, 0.3) is 11.9 Å². The van der Waals surface area contributed by atoms with Gasteiger partial charge in [0.05, 0.1) is 0 Å². The molecule has 0 radical (unpaired) electrons. The zero-order valence-electron chi connectivity index (χ0n) is 12.4. The summed E-state index contributed by atoms with van der Waals surface area (Å²) in [6.07, 6.45) is 1.61. The molecule has 0 spiro atoms. The number of ether oxygens (including phenoxy) is 1. The van der Waals surface area contributed by atoms with Gasteiger partial charge in [-0.15, -0.1) is 0 Å². The second-order valence-corrected chi connectivity index (χ2v) is 5.78. The van der Waals surface area contributed by atoms with Crippen LogP contribution in [0.4, 0.5) is 6.01 Å². The number of hydrogen-bond acceptors (Lipinski definition) is 5. The van der Waals surface area contributed by atoms with Crippen LogP contribution in [0.2, 0.25) is 0 Å². The van der Waals surface area contributed by atoms with Crippen molar-refractivity contribution >= 4 is 23.0 Å². The first-order valence-corrected chi connectivity index (χ1v) is 7.82. The summed E-state index contributed by atoms with van der Waals surface area (Å²) in [5, 5.41) is 0. The summed E-state index contributed by atoms with van der Waals surface area (Å²) in [5.41, 5.74) is 1.67. The van der Waals surface area contributed by atoms with Crippen LogP contribution in [0.5, 0.6) is 0 Å². The highest BCUT2D eigenvalue weighted by Crippen LogP contribution is 2.23. The zero-order valence-corrected chi connectivity index (χ0v) is 12.4. The van der Waals surface area contributed by atoms with Crippen molar-refractivity contribution in [2.75, 3.05) is 37.7 Å². The molecule has 1 amide bonds. The Hall–Kier alpha value is -2.08. The Bertz CT molecular complexity index is 637. The fourth-order valence-corrected chi connectivity index (χ4v) is 3.09. The topological polar surface area (TPSA) is 58.8 Å². The molecule has 1 aromatic carbocycles. The molecule has 6 heteroatoms. The summed E-state index contributed by atoms with van der Waals surface area (Å²) < 4.78 is 11.3. The molecule has 0 bridgehead atoms. The molecule has 0 saturated carbocycles. The van der Waals surface area contributed by atoms with E-state index in [1.807, 2.05) is 29.2 Å². The molecular formula is C16H19N3O3. The highest BCUT2D eigenvalue weighted by atomic mass is 16.5. The lowest BCUT2D eigenvalue weighted by molar-refractivity contribution is -0.141. The average Bonchev–Trinajstić information content (AvgIpc) is 3.23. The quantitative estimate of drug-likeness (QED) is 0.844. The second-order valence-electron chi connectivity index (χ2n) is 5.78. The molecule has 2 fully saturated rings. The van der Waals surface area contributed by atoms with Gasteiger partial charge in [0.15, 0.2) is 5.58 Å². The van der Waals surface area contributed by atoms with E-state index in [4.69, 9.17) is 9.15 Å². The molecule has 116 valence electrons. The summed E-state index contributed by atoms with van der Waals surface area (Å²) in [6, 6.07) is 8.40. The van der Waals surface area contributed by atoms with E-state index in [2.05, 4.69) is 9.88 Å². The summed E-state index contributed by atoms with van der Waals surface area (Å²) in [5.74, 6) is 0.134. The standard InChI is InChI=1S/C16H19N3O3/c20-15(14-6-3-11-21-14)18-7-9-19(10-8-18)16-17-12-4-1-2-5-13(12)22-16/h1-2,4-5,14H,3,6-11H2. The molecule has 2 aromatic rings. The number of benzene rings is 1. The van der Waals surface area contributed by atoms with Gasteiger partial charge in [0.2, 0.25) is 0 Å². The van der Waals surface area contributed by atoms with Crippen LogP contribution >= 0.6 is 0 Å². The summed E-state index contributed by atoms with van der Waals surface area (Å²) >= 11 is 0. The molecule has 6 nitrogen and oxygen atoms in total. The fraction of sp³-hybridized carbons (Fsp3) is 0.500. The number of piperazine rings is 1. The Labute approximate surface area is 128 Å². The smallest absolute Gasteiger partial charge is 0.298 e. The van der Waals surface area contributed by atoms with Crippen LogP contribution in [0.15, 0.2) is 28.7 Å². The SMILES string of the molecule is O=C(C1CCCO1)N1CCN(c2nc3ccccc3o2)CC1. The lowest BCUT2D eigenvalue weighted by Crippen LogP contribution is -2.51. The lowest BCUT2D eigenvalue weighted by Gasteiger charge is -2.34. The van der Waals surface area contributed by atoms with Crippen molar-refractivity contribution in [3.8, 4) is 0 Å². The van der Waals surface area contributed by atoms with Crippen LogP contribution in [0.3, 0.4) is 0 Å².